The lowest BCUT2D eigenvalue weighted by molar-refractivity contribution is -0.136. The van der Waals surface area contributed by atoms with Crippen molar-refractivity contribution in [2.45, 2.75) is 12.4 Å². The molecule has 0 fully saturated rings. The van der Waals surface area contributed by atoms with Crippen LogP contribution in [-0.4, -0.2) is 44.9 Å². The predicted octanol–water partition coefficient (Wildman–Crippen LogP) is -0.0992. The highest BCUT2D eigenvalue weighted by Gasteiger charge is 2.29. The van der Waals surface area contributed by atoms with E-state index in [2.05, 4.69) is 20.6 Å². The number of para-hydroxylation sites is 1. The third-order valence-electron chi connectivity index (χ3n) is 3.70. The first-order valence-corrected chi connectivity index (χ1v) is 7.72. The number of carbonyl (C=O) groups excluding carboxylic acids is 2. The molecule has 0 aliphatic heterocycles. The van der Waals surface area contributed by atoms with Gasteiger partial charge in [0.25, 0.3) is 0 Å². The van der Waals surface area contributed by atoms with Crippen LogP contribution in [0, 0.1) is 0 Å². The standard InChI is InChI=1S/C16H15BN4O5/c22-15(20-11-6-18-9-19-7-11)16(23)21-14(17(24)25)5-10-8-26-13-4-2-1-3-12(10)13/h1-4,6-9,14,24-25H,5H2,(H,20,22)(H,21,23)/t14-/m0/s1. The van der Waals surface area contributed by atoms with Crippen LogP contribution in [0.15, 0.2) is 53.7 Å². The third-order valence-corrected chi connectivity index (χ3v) is 3.70. The molecule has 0 saturated carbocycles. The SMILES string of the molecule is O=C(Nc1cncnc1)C(=O)N[C@@H](Cc1coc2ccccc12)B(O)O. The second-order valence-electron chi connectivity index (χ2n) is 5.54. The number of nitrogens with zero attached hydrogens (tertiary/aromatic N) is 2. The summed E-state index contributed by atoms with van der Waals surface area (Å²) in [5.74, 6) is -3.08. The van der Waals surface area contributed by atoms with Crippen molar-refractivity contribution >= 4 is 35.6 Å². The van der Waals surface area contributed by atoms with Gasteiger partial charge < -0.3 is 25.1 Å². The van der Waals surface area contributed by atoms with E-state index in [-0.39, 0.29) is 12.1 Å². The molecule has 0 unspecified atom stereocenters. The highest BCUT2D eigenvalue weighted by Crippen LogP contribution is 2.22. The summed E-state index contributed by atoms with van der Waals surface area (Å²) in [6.45, 7) is 0. The Morgan fingerprint density at radius 1 is 1.15 bits per heavy atom. The van der Waals surface area contributed by atoms with Crippen molar-refractivity contribution in [1.82, 2.24) is 15.3 Å². The molecule has 26 heavy (non-hydrogen) atoms. The number of hydrogen-bond donors (Lipinski definition) is 4. The minimum Gasteiger partial charge on any atom is -0.464 e. The lowest BCUT2D eigenvalue weighted by Gasteiger charge is -2.17. The van der Waals surface area contributed by atoms with Crippen molar-refractivity contribution in [2.24, 2.45) is 0 Å². The van der Waals surface area contributed by atoms with Crippen LogP contribution in [0.5, 0.6) is 0 Å². The number of carbonyl (C=O) groups is 2. The van der Waals surface area contributed by atoms with Gasteiger partial charge in [-0.1, -0.05) is 18.2 Å². The number of hydrogen-bond acceptors (Lipinski definition) is 7. The van der Waals surface area contributed by atoms with Crippen LogP contribution in [0.25, 0.3) is 11.0 Å². The van der Waals surface area contributed by atoms with E-state index in [0.29, 0.717) is 11.1 Å². The number of nitrogens with one attached hydrogen (secondary N) is 2. The van der Waals surface area contributed by atoms with Gasteiger partial charge in [0.1, 0.15) is 11.9 Å². The Bertz CT molecular complexity index is 915. The zero-order valence-corrected chi connectivity index (χ0v) is 13.5. The Morgan fingerprint density at radius 3 is 2.62 bits per heavy atom. The first kappa shape index (κ1) is 17.6. The Hall–Kier alpha value is -3.24. The first-order chi connectivity index (χ1) is 12.5. The maximum Gasteiger partial charge on any atom is 0.475 e. The number of furan rings is 1. The average molecular weight is 354 g/mol. The largest absolute Gasteiger partial charge is 0.475 e. The first-order valence-electron chi connectivity index (χ1n) is 7.72. The zero-order valence-electron chi connectivity index (χ0n) is 13.5. The Morgan fingerprint density at radius 2 is 1.88 bits per heavy atom. The molecule has 9 nitrogen and oxygen atoms in total. The maximum absolute atomic E-state index is 12.0. The number of rotatable bonds is 5. The summed E-state index contributed by atoms with van der Waals surface area (Å²) in [6, 6.07) is 7.23. The molecule has 2 amide bonds. The van der Waals surface area contributed by atoms with E-state index in [4.69, 9.17) is 4.42 Å². The van der Waals surface area contributed by atoms with Gasteiger partial charge in [0, 0.05) is 5.39 Å². The molecule has 0 saturated heterocycles. The number of aromatic nitrogens is 2. The van der Waals surface area contributed by atoms with Crippen molar-refractivity contribution in [3.63, 3.8) is 0 Å². The summed E-state index contributed by atoms with van der Waals surface area (Å²) >= 11 is 0. The van der Waals surface area contributed by atoms with Gasteiger partial charge in [0.15, 0.2) is 0 Å². The minimum absolute atomic E-state index is 0.0716. The summed E-state index contributed by atoms with van der Waals surface area (Å²) in [5, 5.41) is 24.5. The van der Waals surface area contributed by atoms with E-state index in [0.717, 1.165) is 5.39 Å². The molecular formula is C16H15BN4O5. The van der Waals surface area contributed by atoms with Crippen LogP contribution in [0.4, 0.5) is 5.69 Å². The van der Waals surface area contributed by atoms with E-state index in [9.17, 15) is 19.6 Å². The van der Waals surface area contributed by atoms with Crippen LogP contribution in [-0.2, 0) is 16.0 Å². The van der Waals surface area contributed by atoms with Gasteiger partial charge >= 0.3 is 18.9 Å². The second kappa shape index (κ2) is 7.76. The van der Waals surface area contributed by atoms with Gasteiger partial charge in [-0.15, -0.1) is 0 Å². The number of anilines is 1. The molecule has 1 aromatic carbocycles. The molecule has 0 bridgehead atoms. The fourth-order valence-corrected chi connectivity index (χ4v) is 2.44. The van der Waals surface area contributed by atoms with Crippen molar-refractivity contribution in [1.29, 1.82) is 0 Å². The lowest BCUT2D eigenvalue weighted by Crippen LogP contribution is -2.51. The van der Waals surface area contributed by atoms with Gasteiger partial charge in [0.2, 0.25) is 0 Å². The van der Waals surface area contributed by atoms with Gasteiger partial charge in [-0.25, -0.2) is 9.97 Å². The fraction of sp³-hybridized carbons (Fsp3) is 0.125. The summed E-state index contributed by atoms with van der Waals surface area (Å²) in [6.07, 6.45) is 5.49. The quantitative estimate of drug-likeness (QED) is 0.371. The monoisotopic (exact) mass is 354 g/mol. The molecule has 2 heterocycles. The molecule has 0 aliphatic carbocycles. The van der Waals surface area contributed by atoms with Crippen LogP contribution in [0.1, 0.15) is 5.56 Å². The van der Waals surface area contributed by atoms with Crippen LogP contribution < -0.4 is 10.6 Å². The molecule has 132 valence electrons. The van der Waals surface area contributed by atoms with Gasteiger partial charge in [0.05, 0.1) is 30.3 Å². The highest BCUT2D eigenvalue weighted by molar-refractivity contribution is 6.46. The molecule has 1 atom stereocenters. The summed E-state index contributed by atoms with van der Waals surface area (Å²) in [5.41, 5.74) is 1.56. The van der Waals surface area contributed by atoms with E-state index < -0.39 is 24.9 Å². The molecule has 0 aliphatic rings. The summed E-state index contributed by atoms with van der Waals surface area (Å²) in [4.78, 5) is 31.4. The molecule has 10 heteroatoms. The van der Waals surface area contributed by atoms with Crippen molar-refractivity contribution in [2.75, 3.05) is 5.32 Å². The molecule has 2 aromatic heterocycles. The summed E-state index contributed by atoms with van der Waals surface area (Å²) in [7, 11) is -1.86. The van der Waals surface area contributed by atoms with E-state index in [1.54, 1.807) is 6.07 Å². The second-order valence-corrected chi connectivity index (χ2v) is 5.54. The Balaban J connectivity index is 1.68. The number of benzene rings is 1. The number of amides is 2. The van der Waals surface area contributed by atoms with E-state index in [1.165, 1.54) is 25.0 Å². The van der Waals surface area contributed by atoms with Crippen molar-refractivity contribution < 1.29 is 24.1 Å². The fourth-order valence-electron chi connectivity index (χ4n) is 2.44. The predicted molar refractivity (Wildman–Crippen MR) is 92.7 cm³/mol. The lowest BCUT2D eigenvalue weighted by atomic mass is 9.76. The van der Waals surface area contributed by atoms with Crippen LogP contribution >= 0.6 is 0 Å². The molecule has 3 aromatic rings. The summed E-state index contributed by atoms with van der Waals surface area (Å²) < 4.78 is 5.39. The normalized spacial score (nSPS) is 11.8. The van der Waals surface area contributed by atoms with Gasteiger partial charge in [-0.2, -0.15) is 0 Å². The van der Waals surface area contributed by atoms with E-state index >= 15 is 0 Å². The van der Waals surface area contributed by atoms with Gasteiger partial charge in [-0.05, 0) is 18.1 Å². The molecule has 4 N–H and O–H groups in total. The van der Waals surface area contributed by atoms with Crippen LogP contribution in [0.2, 0.25) is 0 Å². The smallest absolute Gasteiger partial charge is 0.464 e. The topological polar surface area (TPSA) is 138 Å². The third kappa shape index (κ3) is 4.05. The average Bonchev–Trinajstić information content (AvgIpc) is 3.05. The van der Waals surface area contributed by atoms with Crippen LogP contribution in [0.3, 0.4) is 0 Å². The van der Waals surface area contributed by atoms with Crippen molar-refractivity contribution in [3.8, 4) is 0 Å². The zero-order chi connectivity index (χ0) is 18.5. The minimum atomic E-state index is -1.86. The Labute approximate surface area is 148 Å². The molecule has 0 radical (unpaired) electrons. The molecule has 0 spiro atoms. The highest BCUT2D eigenvalue weighted by atomic mass is 16.4. The Kier molecular flexibility index (Phi) is 5.25. The maximum atomic E-state index is 12.0. The van der Waals surface area contributed by atoms with Gasteiger partial charge in [-0.3, -0.25) is 9.59 Å². The van der Waals surface area contributed by atoms with E-state index in [1.807, 2.05) is 18.2 Å². The van der Waals surface area contributed by atoms with Crippen molar-refractivity contribution in [3.05, 3.63) is 54.8 Å². The molecule has 3 rings (SSSR count). The number of fused-ring (bicyclic) bond motifs is 1. The molecular weight excluding hydrogens is 339 g/mol.